The summed E-state index contributed by atoms with van der Waals surface area (Å²) in [4.78, 5) is 4.60. The average Bonchev–Trinajstić information content (AvgIpc) is 2.77. The summed E-state index contributed by atoms with van der Waals surface area (Å²) in [5.41, 5.74) is 6.27. The summed E-state index contributed by atoms with van der Waals surface area (Å²) in [6.45, 7) is 2.80. The van der Waals surface area contributed by atoms with E-state index in [0.29, 0.717) is 21.4 Å². The number of rotatable bonds is 5. The zero-order valence-corrected chi connectivity index (χ0v) is 12.1. The van der Waals surface area contributed by atoms with Gasteiger partial charge in [-0.15, -0.1) is 0 Å². The molecule has 0 aliphatic heterocycles. The molecule has 19 heavy (non-hydrogen) atoms. The number of hydrogen-bond acceptors (Lipinski definition) is 4. The van der Waals surface area contributed by atoms with E-state index in [1.807, 2.05) is 0 Å². The third-order valence-electron chi connectivity index (χ3n) is 2.62. The minimum absolute atomic E-state index is 0.258. The first-order valence-corrected chi connectivity index (χ1v) is 7.62. The first-order valence-electron chi connectivity index (χ1n) is 5.92. The number of nitrogens with two attached hydrogens (primary N) is 1. The molecule has 0 amide bonds. The van der Waals surface area contributed by atoms with Crippen LogP contribution < -0.4 is 5.73 Å². The Kier molecular flexibility index (Phi) is 4.55. The van der Waals surface area contributed by atoms with Crippen molar-refractivity contribution in [3.63, 3.8) is 0 Å². The lowest BCUT2D eigenvalue weighted by Crippen LogP contribution is -2.09. The third kappa shape index (κ3) is 3.13. The van der Waals surface area contributed by atoms with Gasteiger partial charge in [0.05, 0.1) is 26.5 Å². The van der Waals surface area contributed by atoms with E-state index in [2.05, 4.69) is 17.0 Å². The lowest BCUT2D eigenvalue weighted by molar-refractivity contribution is 0.579. The number of anilines is 1. The molecule has 102 valence electrons. The minimum Gasteiger partial charge on any atom is -0.398 e. The molecule has 5 nitrogen and oxygen atoms in total. The zero-order chi connectivity index (χ0) is 13.8. The Morgan fingerprint density at radius 1 is 1.47 bits per heavy atom. The Balaban J connectivity index is 2.24. The maximum atomic E-state index is 12.4. The Morgan fingerprint density at radius 2 is 2.26 bits per heavy atom. The van der Waals surface area contributed by atoms with E-state index in [1.54, 1.807) is 22.9 Å². The normalized spacial score (nSPS) is 12.5. The molecule has 0 aliphatic rings. The highest BCUT2D eigenvalue weighted by atomic mass is 35.5. The van der Waals surface area contributed by atoms with Crippen LogP contribution in [0.1, 0.15) is 19.2 Å². The summed E-state index contributed by atoms with van der Waals surface area (Å²) in [5, 5.41) is 4.52. The van der Waals surface area contributed by atoms with Gasteiger partial charge in [0.15, 0.2) is 0 Å². The van der Waals surface area contributed by atoms with Crippen molar-refractivity contribution in [1.82, 2.24) is 14.8 Å². The molecule has 0 saturated heterocycles. The van der Waals surface area contributed by atoms with Gasteiger partial charge in [-0.1, -0.05) is 24.6 Å². The van der Waals surface area contributed by atoms with Crippen LogP contribution in [0.25, 0.3) is 0 Å². The van der Waals surface area contributed by atoms with Gasteiger partial charge in [0.25, 0.3) is 0 Å². The van der Waals surface area contributed by atoms with Gasteiger partial charge in [-0.2, -0.15) is 5.10 Å². The van der Waals surface area contributed by atoms with E-state index >= 15 is 0 Å². The predicted molar refractivity (Wildman–Crippen MR) is 76.3 cm³/mol. The standard InChI is InChI=1S/C12H15ClN4OS/c1-2-6-17-11(15-8-16-17)7-19(18)12-9(13)4-3-5-10(12)14/h3-5,8H,2,6-7,14H2,1H3. The highest BCUT2D eigenvalue weighted by Gasteiger charge is 2.15. The number of aryl methyl sites for hydroxylation is 1. The van der Waals surface area contributed by atoms with Crippen LogP contribution in [-0.4, -0.2) is 19.0 Å². The Labute approximate surface area is 119 Å². The molecular formula is C12H15ClN4OS. The summed E-state index contributed by atoms with van der Waals surface area (Å²) in [5.74, 6) is 0.938. The quantitative estimate of drug-likeness (QED) is 0.859. The fourth-order valence-electron chi connectivity index (χ4n) is 1.75. The molecule has 1 aromatic heterocycles. The topological polar surface area (TPSA) is 73.8 Å². The highest BCUT2D eigenvalue weighted by molar-refractivity contribution is 7.84. The summed E-state index contributed by atoms with van der Waals surface area (Å²) in [6.07, 6.45) is 2.41. The average molecular weight is 299 g/mol. The smallest absolute Gasteiger partial charge is 0.139 e. The fourth-order valence-corrected chi connectivity index (χ4v) is 3.41. The van der Waals surface area contributed by atoms with Crippen LogP contribution in [0, 0.1) is 0 Å². The second-order valence-corrected chi connectivity index (χ2v) is 5.84. The van der Waals surface area contributed by atoms with E-state index in [-0.39, 0.29) is 5.75 Å². The molecule has 1 atom stereocenters. The largest absolute Gasteiger partial charge is 0.398 e. The number of nitrogens with zero attached hydrogens (tertiary/aromatic N) is 3. The molecule has 0 fully saturated rings. The van der Waals surface area contributed by atoms with Crippen molar-refractivity contribution >= 4 is 28.1 Å². The molecule has 1 aromatic carbocycles. The monoisotopic (exact) mass is 298 g/mol. The van der Waals surface area contributed by atoms with Crippen LogP contribution in [0.4, 0.5) is 5.69 Å². The fraction of sp³-hybridized carbons (Fsp3) is 0.333. The van der Waals surface area contributed by atoms with Crippen molar-refractivity contribution in [3.05, 3.63) is 35.4 Å². The van der Waals surface area contributed by atoms with Crippen molar-refractivity contribution < 1.29 is 4.21 Å². The van der Waals surface area contributed by atoms with Crippen molar-refractivity contribution in [2.24, 2.45) is 0 Å². The third-order valence-corrected chi connectivity index (χ3v) is 4.47. The zero-order valence-electron chi connectivity index (χ0n) is 10.5. The van der Waals surface area contributed by atoms with Gasteiger partial charge in [0.1, 0.15) is 12.2 Å². The molecule has 0 aliphatic carbocycles. The van der Waals surface area contributed by atoms with Crippen molar-refractivity contribution in [3.8, 4) is 0 Å². The number of halogens is 1. The Morgan fingerprint density at radius 3 is 2.95 bits per heavy atom. The molecule has 0 radical (unpaired) electrons. The van der Waals surface area contributed by atoms with Crippen LogP contribution in [0.15, 0.2) is 29.4 Å². The summed E-state index contributed by atoms with van der Waals surface area (Å²) >= 11 is 6.05. The molecule has 0 spiro atoms. The molecule has 2 aromatic rings. The van der Waals surface area contributed by atoms with Gasteiger partial charge in [-0.25, -0.2) is 9.67 Å². The van der Waals surface area contributed by atoms with Gasteiger partial charge in [0, 0.05) is 12.2 Å². The highest BCUT2D eigenvalue weighted by Crippen LogP contribution is 2.27. The van der Waals surface area contributed by atoms with Crippen molar-refractivity contribution in [1.29, 1.82) is 0 Å². The van der Waals surface area contributed by atoms with Crippen LogP contribution in [0.3, 0.4) is 0 Å². The number of hydrogen-bond donors (Lipinski definition) is 1. The van der Waals surface area contributed by atoms with Gasteiger partial charge in [0.2, 0.25) is 0 Å². The van der Waals surface area contributed by atoms with Crippen LogP contribution in [0.2, 0.25) is 5.02 Å². The first-order chi connectivity index (χ1) is 9.13. The maximum absolute atomic E-state index is 12.4. The number of benzene rings is 1. The van der Waals surface area contributed by atoms with E-state index < -0.39 is 10.8 Å². The molecule has 1 heterocycles. The maximum Gasteiger partial charge on any atom is 0.139 e. The van der Waals surface area contributed by atoms with E-state index in [9.17, 15) is 4.21 Å². The molecule has 1 unspecified atom stereocenters. The molecule has 2 rings (SSSR count). The minimum atomic E-state index is -1.33. The second kappa shape index (κ2) is 6.16. The van der Waals surface area contributed by atoms with Gasteiger partial charge < -0.3 is 5.73 Å². The van der Waals surface area contributed by atoms with Gasteiger partial charge in [-0.05, 0) is 18.6 Å². The number of nitrogen functional groups attached to an aromatic ring is 1. The molecule has 0 saturated carbocycles. The first kappa shape index (κ1) is 14.0. The van der Waals surface area contributed by atoms with Gasteiger partial charge in [-0.3, -0.25) is 4.21 Å². The van der Waals surface area contributed by atoms with E-state index in [0.717, 1.165) is 13.0 Å². The molecular weight excluding hydrogens is 284 g/mol. The Hall–Kier alpha value is -1.40. The SMILES string of the molecule is CCCn1ncnc1CS(=O)c1c(N)cccc1Cl. The van der Waals surface area contributed by atoms with Crippen LogP contribution in [-0.2, 0) is 23.1 Å². The molecule has 0 bridgehead atoms. The van der Waals surface area contributed by atoms with E-state index in [4.69, 9.17) is 17.3 Å². The summed E-state index contributed by atoms with van der Waals surface area (Å²) in [7, 11) is -1.33. The van der Waals surface area contributed by atoms with Crippen LogP contribution in [0.5, 0.6) is 0 Å². The number of aromatic nitrogens is 3. The lowest BCUT2D eigenvalue weighted by atomic mass is 10.3. The van der Waals surface area contributed by atoms with Crippen LogP contribution >= 0.6 is 11.6 Å². The van der Waals surface area contributed by atoms with Gasteiger partial charge >= 0.3 is 0 Å². The Bertz CT molecular complexity index is 579. The second-order valence-electron chi connectivity index (χ2n) is 4.05. The summed E-state index contributed by atoms with van der Waals surface area (Å²) < 4.78 is 14.1. The predicted octanol–water partition coefficient (Wildman–Crippen LogP) is 2.23. The van der Waals surface area contributed by atoms with Crippen molar-refractivity contribution in [2.45, 2.75) is 30.5 Å². The summed E-state index contributed by atoms with van der Waals surface area (Å²) in [6, 6.07) is 5.11. The van der Waals surface area contributed by atoms with Crippen molar-refractivity contribution in [2.75, 3.05) is 5.73 Å². The molecule has 7 heteroatoms. The molecule has 2 N–H and O–H groups in total. The van der Waals surface area contributed by atoms with E-state index in [1.165, 1.54) is 6.33 Å². The lowest BCUT2D eigenvalue weighted by Gasteiger charge is -2.08.